The van der Waals surface area contributed by atoms with Gasteiger partial charge in [-0.05, 0) is 43.2 Å². The van der Waals surface area contributed by atoms with Gasteiger partial charge >= 0.3 is 0 Å². The van der Waals surface area contributed by atoms with Gasteiger partial charge in [0.1, 0.15) is 0 Å². The van der Waals surface area contributed by atoms with Gasteiger partial charge in [0.05, 0.1) is 0 Å². The van der Waals surface area contributed by atoms with E-state index >= 15 is 0 Å². The molecule has 4 nitrogen and oxygen atoms in total. The molecule has 0 N–H and O–H groups in total. The van der Waals surface area contributed by atoms with Crippen molar-refractivity contribution < 1.29 is 4.79 Å². The summed E-state index contributed by atoms with van der Waals surface area (Å²) in [5.41, 5.74) is 1.95. The molecular weight excluding hydrogens is 346 g/mol. The van der Waals surface area contributed by atoms with Gasteiger partial charge in [-0.25, -0.2) is 0 Å². The first-order valence-corrected chi connectivity index (χ1v) is 10.7. The molecule has 0 bridgehead atoms. The van der Waals surface area contributed by atoms with Gasteiger partial charge in [0.15, 0.2) is 8.68 Å². The van der Waals surface area contributed by atoms with E-state index in [2.05, 4.69) is 16.3 Å². The summed E-state index contributed by atoms with van der Waals surface area (Å²) in [5.74, 6) is 0.974. The lowest BCUT2D eigenvalue weighted by atomic mass is 10.1. The molecule has 1 aliphatic heterocycles. The van der Waals surface area contributed by atoms with Crippen LogP contribution in [-0.4, -0.2) is 40.3 Å². The maximum atomic E-state index is 12.6. The number of hydrogen-bond acceptors (Lipinski definition) is 6. The second-order valence-electron chi connectivity index (χ2n) is 5.38. The zero-order valence-corrected chi connectivity index (χ0v) is 15.5. The Morgan fingerprint density at radius 1 is 1.22 bits per heavy atom. The van der Waals surface area contributed by atoms with Crippen molar-refractivity contribution in [3.63, 3.8) is 0 Å². The third kappa shape index (κ3) is 4.49. The number of piperidine rings is 1. The number of aromatic nitrogens is 2. The molecule has 0 radical (unpaired) electrons. The molecule has 0 atom stereocenters. The van der Waals surface area contributed by atoms with Crippen molar-refractivity contribution in [2.75, 3.05) is 19.3 Å². The average molecular weight is 366 g/mol. The highest BCUT2D eigenvalue weighted by atomic mass is 32.2. The van der Waals surface area contributed by atoms with E-state index in [0.717, 1.165) is 51.5 Å². The van der Waals surface area contributed by atoms with Gasteiger partial charge in [-0.1, -0.05) is 47.0 Å². The Balaban J connectivity index is 1.63. The molecule has 7 heteroatoms. The fourth-order valence-corrected chi connectivity index (χ4v) is 4.94. The Morgan fingerprint density at radius 3 is 2.74 bits per heavy atom. The minimum atomic E-state index is 0.164. The molecule has 3 rings (SSSR count). The Bertz CT molecular complexity index is 668. The van der Waals surface area contributed by atoms with Crippen molar-refractivity contribution >= 4 is 40.8 Å². The van der Waals surface area contributed by atoms with E-state index in [1.54, 1.807) is 34.9 Å². The summed E-state index contributed by atoms with van der Waals surface area (Å²) in [6, 6.07) is 7.97. The molecule has 122 valence electrons. The number of rotatable bonds is 5. The van der Waals surface area contributed by atoms with Crippen LogP contribution in [0.4, 0.5) is 0 Å². The summed E-state index contributed by atoms with van der Waals surface area (Å²) in [6.07, 6.45) is 5.48. The molecule has 2 heterocycles. The lowest BCUT2D eigenvalue weighted by Crippen LogP contribution is -2.35. The van der Waals surface area contributed by atoms with Gasteiger partial charge < -0.3 is 4.90 Å². The molecule has 0 saturated carbocycles. The molecule has 2 aromatic rings. The van der Waals surface area contributed by atoms with Gasteiger partial charge in [0.25, 0.3) is 5.91 Å². The number of thioether (sulfide) groups is 2. The third-order valence-electron chi connectivity index (χ3n) is 3.74. The quantitative estimate of drug-likeness (QED) is 0.744. The van der Waals surface area contributed by atoms with E-state index in [1.807, 2.05) is 29.4 Å². The van der Waals surface area contributed by atoms with Gasteiger partial charge in [-0.3, -0.25) is 4.79 Å². The van der Waals surface area contributed by atoms with Crippen LogP contribution in [0.15, 0.2) is 32.9 Å². The van der Waals surface area contributed by atoms with E-state index in [0.29, 0.717) is 0 Å². The van der Waals surface area contributed by atoms with Gasteiger partial charge in [0.2, 0.25) is 0 Å². The number of nitrogens with zero attached hydrogens (tertiary/aromatic N) is 3. The van der Waals surface area contributed by atoms with Crippen molar-refractivity contribution in [1.29, 1.82) is 0 Å². The van der Waals surface area contributed by atoms with Crippen LogP contribution >= 0.6 is 34.9 Å². The minimum Gasteiger partial charge on any atom is -0.339 e. The van der Waals surface area contributed by atoms with Gasteiger partial charge in [-0.15, -0.1) is 10.2 Å². The smallest absolute Gasteiger partial charge is 0.253 e. The SMILES string of the molecule is CSc1nnc(SCc2cccc(C(=O)N3CCCCC3)c2)s1. The molecule has 0 spiro atoms. The van der Waals surface area contributed by atoms with Gasteiger partial charge in [-0.2, -0.15) is 0 Å². The molecule has 1 aliphatic rings. The lowest BCUT2D eigenvalue weighted by molar-refractivity contribution is 0.0724. The zero-order chi connectivity index (χ0) is 16.1. The molecule has 1 aromatic heterocycles. The Kier molecular flexibility index (Phi) is 5.96. The Morgan fingerprint density at radius 2 is 2.00 bits per heavy atom. The fourth-order valence-electron chi connectivity index (χ4n) is 2.56. The largest absolute Gasteiger partial charge is 0.339 e. The maximum Gasteiger partial charge on any atom is 0.253 e. The lowest BCUT2D eigenvalue weighted by Gasteiger charge is -2.26. The average Bonchev–Trinajstić information content (AvgIpc) is 3.08. The first-order chi connectivity index (χ1) is 11.3. The van der Waals surface area contributed by atoms with E-state index < -0.39 is 0 Å². The first kappa shape index (κ1) is 16.8. The van der Waals surface area contributed by atoms with E-state index in [9.17, 15) is 4.79 Å². The van der Waals surface area contributed by atoms with E-state index in [4.69, 9.17) is 0 Å². The summed E-state index contributed by atoms with van der Waals surface area (Å²) in [7, 11) is 0. The number of hydrogen-bond donors (Lipinski definition) is 0. The zero-order valence-electron chi connectivity index (χ0n) is 13.0. The van der Waals surface area contributed by atoms with Crippen LogP contribution in [-0.2, 0) is 5.75 Å². The second kappa shape index (κ2) is 8.17. The second-order valence-corrected chi connectivity index (χ2v) is 8.63. The highest BCUT2D eigenvalue weighted by Crippen LogP contribution is 2.29. The van der Waals surface area contributed by atoms with E-state index in [1.165, 1.54) is 6.42 Å². The molecule has 23 heavy (non-hydrogen) atoms. The monoisotopic (exact) mass is 365 g/mol. The molecule has 0 aliphatic carbocycles. The van der Waals surface area contributed by atoms with Crippen LogP contribution in [0, 0.1) is 0 Å². The molecule has 1 fully saturated rings. The highest BCUT2D eigenvalue weighted by Gasteiger charge is 2.18. The predicted octanol–water partition coefficient (Wildman–Crippen LogP) is 4.18. The van der Waals surface area contributed by atoms with Crippen molar-refractivity contribution in [3.8, 4) is 0 Å². The van der Waals surface area contributed by atoms with Crippen LogP contribution in [0.1, 0.15) is 35.2 Å². The molecule has 0 unspecified atom stereocenters. The molecular formula is C16H19N3OS3. The van der Waals surface area contributed by atoms with Crippen LogP contribution in [0.3, 0.4) is 0 Å². The van der Waals surface area contributed by atoms with Crippen molar-refractivity contribution in [2.45, 2.75) is 33.7 Å². The Hall–Kier alpha value is -1.05. The first-order valence-electron chi connectivity index (χ1n) is 7.65. The summed E-state index contributed by atoms with van der Waals surface area (Å²) < 4.78 is 1.96. The van der Waals surface area contributed by atoms with Crippen LogP contribution in [0.2, 0.25) is 0 Å². The normalized spacial score (nSPS) is 14.9. The van der Waals surface area contributed by atoms with Gasteiger partial charge in [0, 0.05) is 24.4 Å². The molecule has 1 saturated heterocycles. The fraction of sp³-hybridized carbons (Fsp3) is 0.438. The number of carbonyl (C=O) groups is 1. The number of amides is 1. The summed E-state index contributed by atoms with van der Waals surface area (Å²) >= 11 is 4.90. The summed E-state index contributed by atoms with van der Waals surface area (Å²) in [5, 5.41) is 8.27. The summed E-state index contributed by atoms with van der Waals surface area (Å²) in [4.78, 5) is 14.5. The van der Waals surface area contributed by atoms with Crippen LogP contribution in [0.25, 0.3) is 0 Å². The van der Waals surface area contributed by atoms with Crippen molar-refractivity contribution in [1.82, 2.24) is 15.1 Å². The summed E-state index contributed by atoms with van der Waals surface area (Å²) in [6.45, 7) is 1.78. The van der Waals surface area contributed by atoms with Crippen LogP contribution in [0.5, 0.6) is 0 Å². The van der Waals surface area contributed by atoms with E-state index in [-0.39, 0.29) is 5.91 Å². The molecule has 1 amide bonds. The minimum absolute atomic E-state index is 0.164. The topological polar surface area (TPSA) is 46.1 Å². The predicted molar refractivity (Wildman–Crippen MR) is 97.4 cm³/mol. The highest BCUT2D eigenvalue weighted by molar-refractivity contribution is 8.02. The van der Waals surface area contributed by atoms with Crippen molar-refractivity contribution in [2.24, 2.45) is 0 Å². The van der Waals surface area contributed by atoms with Crippen molar-refractivity contribution in [3.05, 3.63) is 35.4 Å². The number of likely N-dealkylation sites (tertiary alicyclic amines) is 1. The third-order valence-corrected chi connectivity index (χ3v) is 6.85. The molecule has 1 aromatic carbocycles. The maximum absolute atomic E-state index is 12.6. The standard InChI is InChI=1S/C16H19N3OS3/c1-21-15-17-18-16(23-15)22-11-12-6-5-7-13(10-12)14(20)19-8-3-2-4-9-19/h5-7,10H,2-4,8-9,11H2,1H3. The number of carbonyl (C=O) groups excluding carboxylic acids is 1. The van der Waals surface area contributed by atoms with Crippen LogP contribution < -0.4 is 0 Å². The Labute approximate surface area is 149 Å². The number of benzene rings is 1.